The highest BCUT2D eigenvalue weighted by molar-refractivity contribution is 6.28. The number of nitrogen functional groups attached to an aromatic ring is 1. The van der Waals surface area contributed by atoms with Gasteiger partial charge in [-0.05, 0) is 25.4 Å². The highest BCUT2D eigenvalue weighted by Crippen LogP contribution is 2.20. The fourth-order valence-electron chi connectivity index (χ4n) is 0.934. The van der Waals surface area contributed by atoms with Crippen molar-refractivity contribution in [3.63, 3.8) is 0 Å². The number of carbonyl (C=O) groups is 1. The molecular formula is C8H12ClN5O. The molecule has 0 aliphatic rings. The third kappa shape index (κ3) is 2.69. The summed E-state index contributed by atoms with van der Waals surface area (Å²) < 4.78 is 0. The zero-order valence-corrected chi connectivity index (χ0v) is 9.17. The van der Waals surface area contributed by atoms with Crippen molar-refractivity contribution in [2.24, 2.45) is 5.73 Å². The molecule has 0 saturated heterocycles. The number of aryl methyl sites for hydroxylation is 1. The zero-order chi connectivity index (χ0) is 11.6. The van der Waals surface area contributed by atoms with Crippen molar-refractivity contribution >= 4 is 29.0 Å². The number of rotatable bonds is 3. The van der Waals surface area contributed by atoms with Crippen molar-refractivity contribution < 1.29 is 4.79 Å². The van der Waals surface area contributed by atoms with Crippen LogP contribution >= 0.6 is 11.6 Å². The first-order valence-electron chi connectivity index (χ1n) is 4.27. The Morgan fingerprint density at radius 2 is 2.13 bits per heavy atom. The van der Waals surface area contributed by atoms with E-state index in [1.54, 1.807) is 13.8 Å². The van der Waals surface area contributed by atoms with E-state index in [1.165, 1.54) is 0 Å². The smallest absolute Gasteiger partial charge is 0.239 e. The molecule has 1 atom stereocenters. The minimum Gasteiger partial charge on any atom is -0.394 e. The van der Waals surface area contributed by atoms with Gasteiger partial charge in [-0.25, -0.2) is 4.98 Å². The zero-order valence-electron chi connectivity index (χ0n) is 8.41. The van der Waals surface area contributed by atoms with Gasteiger partial charge in [0.05, 0.1) is 11.4 Å². The van der Waals surface area contributed by atoms with Crippen molar-refractivity contribution in [3.8, 4) is 0 Å². The molecule has 1 rings (SSSR count). The number of primary amides is 1. The second kappa shape index (κ2) is 4.31. The first kappa shape index (κ1) is 11.5. The van der Waals surface area contributed by atoms with Gasteiger partial charge in [-0.3, -0.25) is 4.79 Å². The highest BCUT2D eigenvalue weighted by atomic mass is 35.5. The lowest BCUT2D eigenvalue weighted by molar-refractivity contribution is -0.118. The first-order chi connectivity index (χ1) is 6.91. The van der Waals surface area contributed by atoms with Gasteiger partial charge < -0.3 is 16.8 Å². The molecule has 0 aliphatic carbocycles. The molecule has 15 heavy (non-hydrogen) atoms. The number of hydrogen-bond donors (Lipinski definition) is 3. The molecule has 0 bridgehead atoms. The number of nitrogens with two attached hydrogens (primary N) is 2. The number of halogens is 1. The van der Waals surface area contributed by atoms with Crippen molar-refractivity contribution in [1.82, 2.24) is 9.97 Å². The number of nitrogens with zero attached hydrogens (tertiary/aromatic N) is 2. The van der Waals surface area contributed by atoms with Gasteiger partial charge >= 0.3 is 0 Å². The summed E-state index contributed by atoms with van der Waals surface area (Å²) in [6, 6.07) is -0.572. The molecule has 0 aliphatic heterocycles. The van der Waals surface area contributed by atoms with Gasteiger partial charge in [0.25, 0.3) is 0 Å². The molecule has 82 valence electrons. The Labute approximate surface area is 92.0 Å². The van der Waals surface area contributed by atoms with E-state index in [1.807, 2.05) is 0 Å². The summed E-state index contributed by atoms with van der Waals surface area (Å²) in [7, 11) is 0. The normalized spacial score (nSPS) is 12.2. The standard InChI is InChI=1S/C8H12ClN5O/c1-3-5(10)7(14-8(9)13-3)12-4(2)6(11)15/h4H,10H2,1-2H3,(H2,11,15)(H,12,13,14). The summed E-state index contributed by atoms with van der Waals surface area (Å²) in [5, 5.41) is 2.83. The van der Waals surface area contributed by atoms with Crippen LogP contribution < -0.4 is 16.8 Å². The predicted octanol–water partition coefficient (Wildman–Crippen LogP) is 0.306. The van der Waals surface area contributed by atoms with E-state index in [-0.39, 0.29) is 5.28 Å². The van der Waals surface area contributed by atoms with Crippen molar-refractivity contribution in [2.75, 3.05) is 11.1 Å². The molecule has 1 aromatic rings. The molecule has 5 N–H and O–H groups in total. The van der Waals surface area contributed by atoms with E-state index in [0.29, 0.717) is 17.2 Å². The molecule has 1 amide bonds. The van der Waals surface area contributed by atoms with Crippen LogP contribution in [0.3, 0.4) is 0 Å². The van der Waals surface area contributed by atoms with Crippen LogP contribution in [0, 0.1) is 6.92 Å². The Hall–Kier alpha value is -1.56. The maximum Gasteiger partial charge on any atom is 0.239 e. The van der Waals surface area contributed by atoms with Gasteiger partial charge in [-0.15, -0.1) is 0 Å². The molecule has 0 fully saturated rings. The second-order valence-electron chi connectivity index (χ2n) is 3.11. The van der Waals surface area contributed by atoms with Crippen LogP contribution in [0.25, 0.3) is 0 Å². The molecule has 1 heterocycles. The SMILES string of the molecule is Cc1nc(Cl)nc(NC(C)C(N)=O)c1N. The van der Waals surface area contributed by atoms with Crippen LogP contribution in [0.1, 0.15) is 12.6 Å². The Bertz CT molecular complexity index is 395. The lowest BCUT2D eigenvalue weighted by Gasteiger charge is -2.13. The monoisotopic (exact) mass is 229 g/mol. The fourth-order valence-corrected chi connectivity index (χ4v) is 1.14. The average Bonchev–Trinajstić information content (AvgIpc) is 2.13. The lowest BCUT2D eigenvalue weighted by atomic mass is 10.3. The summed E-state index contributed by atoms with van der Waals surface area (Å²) >= 11 is 5.65. The van der Waals surface area contributed by atoms with E-state index in [2.05, 4.69) is 15.3 Å². The summed E-state index contributed by atoms with van der Waals surface area (Å²) in [4.78, 5) is 18.6. The van der Waals surface area contributed by atoms with Gasteiger partial charge in [0.2, 0.25) is 11.2 Å². The number of aromatic nitrogens is 2. The molecule has 0 radical (unpaired) electrons. The lowest BCUT2D eigenvalue weighted by Crippen LogP contribution is -2.33. The number of anilines is 2. The van der Waals surface area contributed by atoms with Gasteiger partial charge in [-0.2, -0.15) is 4.98 Å². The van der Waals surface area contributed by atoms with Gasteiger partial charge in [0.1, 0.15) is 6.04 Å². The minimum atomic E-state index is -0.572. The van der Waals surface area contributed by atoms with E-state index >= 15 is 0 Å². The Morgan fingerprint density at radius 3 is 2.67 bits per heavy atom. The quantitative estimate of drug-likeness (QED) is 0.647. The predicted molar refractivity (Wildman–Crippen MR) is 58.5 cm³/mol. The molecule has 7 heteroatoms. The molecule has 1 unspecified atom stereocenters. The minimum absolute atomic E-state index is 0.0703. The summed E-state index contributed by atoms with van der Waals surface area (Å²) in [5.41, 5.74) is 11.7. The van der Waals surface area contributed by atoms with E-state index < -0.39 is 11.9 Å². The van der Waals surface area contributed by atoms with E-state index in [0.717, 1.165) is 0 Å². The molecule has 1 aromatic heterocycles. The van der Waals surface area contributed by atoms with Crippen LogP contribution in [0.2, 0.25) is 5.28 Å². The first-order valence-corrected chi connectivity index (χ1v) is 4.65. The second-order valence-corrected chi connectivity index (χ2v) is 3.45. The third-order valence-corrected chi connectivity index (χ3v) is 2.06. The van der Waals surface area contributed by atoms with Crippen LogP contribution in [0.15, 0.2) is 0 Å². The fraction of sp³-hybridized carbons (Fsp3) is 0.375. The third-order valence-electron chi connectivity index (χ3n) is 1.89. The van der Waals surface area contributed by atoms with Crippen molar-refractivity contribution in [2.45, 2.75) is 19.9 Å². The number of amides is 1. The Balaban J connectivity index is 2.99. The summed E-state index contributed by atoms with van der Waals surface area (Å²) in [6.07, 6.45) is 0. The van der Waals surface area contributed by atoms with Gasteiger partial charge in [0.15, 0.2) is 5.82 Å². The van der Waals surface area contributed by atoms with Crippen LogP contribution in [0.4, 0.5) is 11.5 Å². The molecule has 0 spiro atoms. The van der Waals surface area contributed by atoms with Crippen LogP contribution in [-0.2, 0) is 4.79 Å². The van der Waals surface area contributed by atoms with Gasteiger partial charge in [-0.1, -0.05) is 0 Å². The summed E-state index contributed by atoms with van der Waals surface area (Å²) in [5.74, 6) is -0.180. The van der Waals surface area contributed by atoms with Crippen LogP contribution in [0.5, 0.6) is 0 Å². The number of hydrogen-bond acceptors (Lipinski definition) is 5. The molecule has 6 nitrogen and oxygen atoms in total. The van der Waals surface area contributed by atoms with Crippen molar-refractivity contribution in [1.29, 1.82) is 0 Å². The highest BCUT2D eigenvalue weighted by Gasteiger charge is 2.13. The maximum atomic E-state index is 10.8. The Kier molecular flexibility index (Phi) is 3.31. The number of carbonyl (C=O) groups excluding carboxylic acids is 1. The van der Waals surface area contributed by atoms with E-state index in [4.69, 9.17) is 23.1 Å². The van der Waals surface area contributed by atoms with Crippen molar-refractivity contribution in [3.05, 3.63) is 11.0 Å². The number of nitrogens with one attached hydrogen (secondary N) is 1. The molecule has 0 saturated carbocycles. The van der Waals surface area contributed by atoms with Gasteiger partial charge in [0, 0.05) is 0 Å². The molecular weight excluding hydrogens is 218 g/mol. The van der Waals surface area contributed by atoms with Crippen LogP contribution in [-0.4, -0.2) is 21.9 Å². The maximum absolute atomic E-state index is 10.8. The Morgan fingerprint density at radius 1 is 1.53 bits per heavy atom. The van der Waals surface area contributed by atoms with E-state index in [9.17, 15) is 4.79 Å². The largest absolute Gasteiger partial charge is 0.394 e. The average molecular weight is 230 g/mol. The summed E-state index contributed by atoms with van der Waals surface area (Å²) in [6.45, 7) is 3.30. The molecule has 0 aromatic carbocycles. The topological polar surface area (TPSA) is 107 Å².